The van der Waals surface area contributed by atoms with Crippen LogP contribution < -0.4 is 11.1 Å². The average Bonchev–Trinajstić information content (AvgIpc) is 2.91. The number of hydrogen-bond donors (Lipinski definition) is 3. The standard InChI is InChI=1S/C11H12N6O3/c12-8-3-1-2-7(10(8)17(19)20)11(18)13-5-4-9-14-6-15-16-9/h1-3,6H,4-5,12H2,(H,13,18)(H,14,15,16). The van der Waals surface area contributed by atoms with Gasteiger partial charge in [0.05, 0.1) is 4.92 Å². The lowest BCUT2D eigenvalue weighted by Gasteiger charge is -2.06. The number of nitrogens with zero attached hydrogens (tertiary/aromatic N) is 3. The number of nitrogen functional groups attached to an aromatic ring is 1. The number of hydrogen-bond acceptors (Lipinski definition) is 6. The van der Waals surface area contributed by atoms with E-state index >= 15 is 0 Å². The fraction of sp³-hybridized carbons (Fsp3) is 0.182. The molecule has 0 bridgehead atoms. The summed E-state index contributed by atoms with van der Waals surface area (Å²) >= 11 is 0. The first kappa shape index (κ1) is 13.5. The number of para-hydroxylation sites is 1. The lowest BCUT2D eigenvalue weighted by Crippen LogP contribution is -2.26. The minimum atomic E-state index is -0.666. The molecule has 1 amide bonds. The summed E-state index contributed by atoms with van der Waals surface area (Å²) in [4.78, 5) is 26.1. The van der Waals surface area contributed by atoms with E-state index in [1.54, 1.807) is 0 Å². The Kier molecular flexibility index (Phi) is 3.89. The zero-order valence-electron chi connectivity index (χ0n) is 10.4. The molecule has 0 aliphatic rings. The summed E-state index contributed by atoms with van der Waals surface area (Å²) in [5.74, 6) is 0.0656. The number of nitro benzene ring substituents is 1. The van der Waals surface area contributed by atoms with Crippen molar-refractivity contribution in [1.82, 2.24) is 20.5 Å². The van der Waals surface area contributed by atoms with Crippen LogP contribution in [0.15, 0.2) is 24.5 Å². The van der Waals surface area contributed by atoms with Crippen LogP contribution in [0.4, 0.5) is 11.4 Å². The monoisotopic (exact) mass is 276 g/mol. The topological polar surface area (TPSA) is 140 Å². The molecule has 1 aromatic heterocycles. The molecule has 1 aromatic carbocycles. The van der Waals surface area contributed by atoms with Crippen molar-refractivity contribution < 1.29 is 9.72 Å². The van der Waals surface area contributed by atoms with Crippen LogP contribution in [0.5, 0.6) is 0 Å². The molecule has 0 fully saturated rings. The Morgan fingerprint density at radius 2 is 2.30 bits per heavy atom. The van der Waals surface area contributed by atoms with Crippen LogP contribution in [0.3, 0.4) is 0 Å². The Bertz CT molecular complexity index is 625. The van der Waals surface area contributed by atoms with Gasteiger partial charge in [-0.05, 0) is 12.1 Å². The Morgan fingerprint density at radius 1 is 1.50 bits per heavy atom. The molecule has 9 heteroatoms. The quantitative estimate of drug-likeness (QED) is 0.406. The van der Waals surface area contributed by atoms with Gasteiger partial charge in [0.2, 0.25) is 0 Å². The maximum absolute atomic E-state index is 11.9. The smallest absolute Gasteiger partial charge is 0.304 e. The van der Waals surface area contributed by atoms with E-state index in [0.717, 1.165) is 0 Å². The molecule has 0 saturated heterocycles. The van der Waals surface area contributed by atoms with Crippen LogP contribution in [0.25, 0.3) is 0 Å². The summed E-state index contributed by atoms with van der Waals surface area (Å²) in [5, 5.41) is 19.8. The molecular formula is C11H12N6O3. The fourth-order valence-electron chi connectivity index (χ4n) is 1.69. The van der Waals surface area contributed by atoms with Gasteiger partial charge in [-0.3, -0.25) is 20.0 Å². The van der Waals surface area contributed by atoms with Crippen LogP contribution in [0.2, 0.25) is 0 Å². The average molecular weight is 276 g/mol. The summed E-state index contributed by atoms with van der Waals surface area (Å²) in [5.41, 5.74) is 5.03. The molecule has 1 heterocycles. The van der Waals surface area contributed by atoms with Crippen molar-refractivity contribution in [3.63, 3.8) is 0 Å². The highest BCUT2D eigenvalue weighted by Gasteiger charge is 2.22. The van der Waals surface area contributed by atoms with Crippen molar-refractivity contribution in [2.75, 3.05) is 12.3 Å². The summed E-state index contributed by atoms with van der Waals surface area (Å²) in [7, 11) is 0. The van der Waals surface area contributed by atoms with Crippen molar-refractivity contribution in [3.05, 3.63) is 46.0 Å². The first-order valence-electron chi connectivity index (χ1n) is 5.75. The van der Waals surface area contributed by atoms with E-state index in [1.807, 2.05) is 0 Å². The number of nitrogens with one attached hydrogen (secondary N) is 2. The van der Waals surface area contributed by atoms with Crippen molar-refractivity contribution in [3.8, 4) is 0 Å². The summed E-state index contributed by atoms with van der Waals surface area (Å²) in [6.07, 6.45) is 1.81. The molecule has 4 N–H and O–H groups in total. The highest BCUT2D eigenvalue weighted by atomic mass is 16.6. The first-order valence-corrected chi connectivity index (χ1v) is 5.75. The van der Waals surface area contributed by atoms with Gasteiger partial charge in [0.1, 0.15) is 23.4 Å². The third-order valence-corrected chi connectivity index (χ3v) is 2.61. The van der Waals surface area contributed by atoms with E-state index in [0.29, 0.717) is 12.2 Å². The molecule has 2 rings (SSSR count). The third-order valence-electron chi connectivity index (χ3n) is 2.61. The number of aromatic amines is 1. The highest BCUT2D eigenvalue weighted by Crippen LogP contribution is 2.25. The number of rotatable bonds is 5. The molecule has 20 heavy (non-hydrogen) atoms. The predicted molar refractivity (Wildman–Crippen MR) is 69.9 cm³/mol. The van der Waals surface area contributed by atoms with E-state index in [9.17, 15) is 14.9 Å². The lowest BCUT2D eigenvalue weighted by molar-refractivity contribution is -0.384. The van der Waals surface area contributed by atoms with Gasteiger partial charge in [-0.1, -0.05) is 6.07 Å². The van der Waals surface area contributed by atoms with Gasteiger partial charge >= 0.3 is 5.69 Å². The number of amides is 1. The molecule has 104 valence electrons. The number of anilines is 1. The molecule has 0 spiro atoms. The van der Waals surface area contributed by atoms with Gasteiger partial charge in [-0.15, -0.1) is 0 Å². The zero-order valence-corrected chi connectivity index (χ0v) is 10.4. The van der Waals surface area contributed by atoms with Crippen molar-refractivity contribution >= 4 is 17.3 Å². The van der Waals surface area contributed by atoms with E-state index in [-0.39, 0.29) is 23.5 Å². The van der Waals surface area contributed by atoms with Gasteiger partial charge < -0.3 is 11.1 Å². The largest absolute Gasteiger partial charge is 0.393 e. The fourth-order valence-corrected chi connectivity index (χ4v) is 1.69. The van der Waals surface area contributed by atoms with Gasteiger partial charge in [0.25, 0.3) is 5.91 Å². The Labute approximate surface area is 113 Å². The Balaban J connectivity index is 2.06. The van der Waals surface area contributed by atoms with E-state index < -0.39 is 10.8 Å². The van der Waals surface area contributed by atoms with Crippen LogP contribution in [0, 0.1) is 10.1 Å². The minimum Gasteiger partial charge on any atom is -0.393 e. The number of nitro groups is 1. The molecule has 2 aromatic rings. The molecule has 0 atom stereocenters. The van der Waals surface area contributed by atoms with Gasteiger partial charge in [-0.2, -0.15) is 5.10 Å². The van der Waals surface area contributed by atoms with Crippen LogP contribution >= 0.6 is 0 Å². The number of benzene rings is 1. The molecule has 0 radical (unpaired) electrons. The van der Waals surface area contributed by atoms with Crippen LogP contribution in [0.1, 0.15) is 16.2 Å². The number of carbonyl (C=O) groups excluding carboxylic acids is 1. The van der Waals surface area contributed by atoms with Crippen LogP contribution in [-0.4, -0.2) is 32.6 Å². The Hall–Kier alpha value is -2.97. The second-order valence-corrected chi connectivity index (χ2v) is 3.94. The number of aromatic nitrogens is 3. The van der Waals surface area contributed by atoms with Crippen molar-refractivity contribution in [2.45, 2.75) is 6.42 Å². The summed E-state index contributed by atoms with van der Waals surface area (Å²) < 4.78 is 0. The lowest BCUT2D eigenvalue weighted by atomic mass is 10.1. The van der Waals surface area contributed by atoms with Crippen molar-refractivity contribution in [1.29, 1.82) is 0 Å². The molecule has 0 aliphatic heterocycles. The van der Waals surface area contributed by atoms with Crippen LogP contribution in [-0.2, 0) is 6.42 Å². The van der Waals surface area contributed by atoms with Crippen molar-refractivity contribution in [2.24, 2.45) is 0 Å². The number of H-pyrrole nitrogens is 1. The van der Waals surface area contributed by atoms with Gasteiger partial charge in [0, 0.05) is 13.0 Å². The second kappa shape index (κ2) is 5.78. The summed E-state index contributed by atoms with van der Waals surface area (Å²) in [6, 6.07) is 4.23. The summed E-state index contributed by atoms with van der Waals surface area (Å²) in [6.45, 7) is 0.278. The predicted octanol–water partition coefficient (Wildman–Crippen LogP) is 0.268. The number of nitrogens with two attached hydrogens (primary N) is 1. The molecule has 0 saturated carbocycles. The maximum atomic E-state index is 11.9. The molecule has 0 aliphatic carbocycles. The number of carbonyl (C=O) groups is 1. The van der Waals surface area contributed by atoms with E-state index in [2.05, 4.69) is 20.5 Å². The van der Waals surface area contributed by atoms with E-state index in [1.165, 1.54) is 24.5 Å². The normalized spacial score (nSPS) is 10.2. The Morgan fingerprint density at radius 3 is 2.95 bits per heavy atom. The van der Waals surface area contributed by atoms with Gasteiger partial charge in [0.15, 0.2) is 0 Å². The molecular weight excluding hydrogens is 264 g/mol. The van der Waals surface area contributed by atoms with Gasteiger partial charge in [-0.25, -0.2) is 4.98 Å². The highest BCUT2D eigenvalue weighted by molar-refractivity contribution is 6.00. The maximum Gasteiger partial charge on any atom is 0.304 e. The SMILES string of the molecule is Nc1cccc(C(=O)NCCc2ncn[nH]2)c1[N+](=O)[O-]. The molecule has 9 nitrogen and oxygen atoms in total. The van der Waals surface area contributed by atoms with E-state index in [4.69, 9.17) is 5.73 Å². The minimum absolute atomic E-state index is 0.0436. The zero-order chi connectivity index (χ0) is 14.5. The third kappa shape index (κ3) is 2.88. The molecule has 0 unspecified atom stereocenters. The first-order chi connectivity index (χ1) is 9.59. The second-order valence-electron chi connectivity index (χ2n) is 3.94.